The van der Waals surface area contributed by atoms with E-state index in [0.29, 0.717) is 12.4 Å². The average molecular weight is 295 g/mol. The zero-order valence-corrected chi connectivity index (χ0v) is 11.7. The van der Waals surface area contributed by atoms with Crippen LogP contribution in [-0.2, 0) is 25.7 Å². The molecule has 0 saturated carbocycles. The highest BCUT2D eigenvalue weighted by atomic mass is 19.4. The highest BCUT2D eigenvalue weighted by molar-refractivity contribution is 5.63. The predicted octanol–water partition coefficient (Wildman–Crippen LogP) is 3.23. The van der Waals surface area contributed by atoms with Gasteiger partial charge >= 0.3 is 6.18 Å². The second-order valence-electron chi connectivity index (χ2n) is 5.27. The lowest BCUT2D eigenvalue weighted by molar-refractivity contribution is -0.140. The molecule has 21 heavy (non-hydrogen) atoms. The predicted molar refractivity (Wildman–Crippen MR) is 73.7 cm³/mol. The van der Waals surface area contributed by atoms with E-state index < -0.39 is 11.9 Å². The van der Waals surface area contributed by atoms with Gasteiger partial charge in [0.25, 0.3) is 0 Å². The molecular weight excluding hydrogens is 279 g/mol. The van der Waals surface area contributed by atoms with Gasteiger partial charge in [-0.2, -0.15) is 13.2 Å². The summed E-state index contributed by atoms with van der Waals surface area (Å²) < 4.78 is 40.1. The van der Waals surface area contributed by atoms with Crippen molar-refractivity contribution in [3.05, 3.63) is 41.2 Å². The van der Waals surface area contributed by atoms with Crippen LogP contribution in [0.15, 0.2) is 24.4 Å². The van der Waals surface area contributed by atoms with E-state index in [1.165, 1.54) is 0 Å². The maximum absolute atomic E-state index is 12.8. The summed E-state index contributed by atoms with van der Waals surface area (Å²) in [6.45, 7) is 1.31. The Balaban J connectivity index is 2.08. The van der Waals surface area contributed by atoms with Crippen LogP contribution in [0.2, 0.25) is 0 Å². The SMILES string of the molecule is CNCc1ccc2c(c1)CCCn1cc(C(F)(F)F)nc1-2. The van der Waals surface area contributed by atoms with Gasteiger partial charge in [-0.15, -0.1) is 0 Å². The summed E-state index contributed by atoms with van der Waals surface area (Å²) >= 11 is 0. The third kappa shape index (κ3) is 2.68. The quantitative estimate of drug-likeness (QED) is 0.922. The Kier molecular flexibility index (Phi) is 3.49. The number of nitrogens with one attached hydrogen (secondary N) is 1. The van der Waals surface area contributed by atoms with Crippen molar-refractivity contribution in [3.8, 4) is 11.4 Å². The van der Waals surface area contributed by atoms with Crippen molar-refractivity contribution in [2.24, 2.45) is 0 Å². The molecule has 1 aromatic heterocycles. The van der Waals surface area contributed by atoms with Crippen LogP contribution in [0.3, 0.4) is 0 Å². The Morgan fingerprint density at radius 3 is 2.86 bits per heavy atom. The first kappa shape index (κ1) is 14.1. The zero-order valence-electron chi connectivity index (χ0n) is 11.7. The summed E-state index contributed by atoms with van der Waals surface area (Å²) in [4.78, 5) is 3.82. The molecule has 0 unspecified atom stereocenters. The molecule has 0 saturated heterocycles. The molecule has 0 aliphatic carbocycles. The largest absolute Gasteiger partial charge is 0.434 e. The molecule has 0 bridgehead atoms. The van der Waals surface area contributed by atoms with Crippen LogP contribution >= 0.6 is 0 Å². The molecule has 2 aromatic rings. The van der Waals surface area contributed by atoms with Crippen molar-refractivity contribution >= 4 is 0 Å². The van der Waals surface area contributed by atoms with E-state index in [1.807, 2.05) is 19.2 Å². The molecular formula is C15H16F3N3. The van der Waals surface area contributed by atoms with Crippen molar-refractivity contribution in [3.63, 3.8) is 0 Å². The van der Waals surface area contributed by atoms with Gasteiger partial charge in [-0.1, -0.05) is 18.2 Å². The summed E-state index contributed by atoms with van der Waals surface area (Å²) in [6.07, 6.45) is -1.61. The number of hydrogen-bond acceptors (Lipinski definition) is 2. The number of imidazole rings is 1. The Morgan fingerprint density at radius 2 is 2.14 bits per heavy atom. The molecule has 0 radical (unpaired) electrons. The van der Waals surface area contributed by atoms with Crippen LogP contribution in [0.25, 0.3) is 11.4 Å². The molecule has 0 fully saturated rings. The summed E-state index contributed by atoms with van der Waals surface area (Å²) in [6, 6.07) is 5.88. The molecule has 3 nitrogen and oxygen atoms in total. The minimum absolute atomic E-state index is 0.422. The van der Waals surface area contributed by atoms with E-state index in [0.717, 1.165) is 42.3 Å². The topological polar surface area (TPSA) is 29.9 Å². The number of fused-ring (bicyclic) bond motifs is 3. The van der Waals surface area contributed by atoms with Gasteiger partial charge in [-0.3, -0.25) is 0 Å². The molecule has 1 N–H and O–H groups in total. The highest BCUT2D eigenvalue weighted by Crippen LogP contribution is 2.34. The van der Waals surface area contributed by atoms with E-state index in [9.17, 15) is 13.2 Å². The average Bonchev–Trinajstić information content (AvgIpc) is 2.77. The Hall–Kier alpha value is -1.82. The van der Waals surface area contributed by atoms with Gasteiger partial charge in [0.1, 0.15) is 5.82 Å². The van der Waals surface area contributed by atoms with E-state index in [1.54, 1.807) is 4.57 Å². The van der Waals surface area contributed by atoms with Gasteiger partial charge in [0.05, 0.1) is 0 Å². The third-order valence-corrected chi connectivity index (χ3v) is 3.70. The molecule has 1 aromatic carbocycles. The first-order valence-corrected chi connectivity index (χ1v) is 6.90. The number of aromatic nitrogens is 2. The lowest BCUT2D eigenvalue weighted by atomic mass is 10.0. The fourth-order valence-corrected chi connectivity index (χ4v) is 2.76. The molecule has 112 valence electrons. The van der Waals surface area contributed by atoms with Gasteiger partial charge in [-0.25, -0.2) is 4.98 Å². The van der Waals surface area contributed by atoms with E-state index >= 15 is 0 Å². The minimum atomic E-state index is -4.40. The van der Waals surface area contributed by atoms with Crippen molar-refractivity contribution in [2.45, 2.75) is 32.1 Å². The van der Waals surface area contributed by atoms with Gasteiger partial charge in [0, 0.05) is 24.8 Å². The summed E-state index contributed by atoms with van der Waals surface area (Å²) in [7, 11) is 1.87. The number of hydrogen-bond donors (Lipinski definition) is 1. The molecule has 3 rings (SSSR count). The van der Waals surface area contributed by atoms with Crippen LogP contribution in [0.1, 0.15) is 23.2 Å². The van der Waals surface area contributed by atoms with Crippen LogP contribution in [-0.4, -0.2) is 16.6 Å². The molecule has 2 heterocycles. The Labute approximate surface area is 120 Å². The van der Waals surface area contributed by atoms with Crippen LogP contribution in [0.4, 0.5) is 13.2 Å². The Morgan fingerprint density at radius 1 is 1.33 bits per heavy atom. The number of nitrogens with zero attached hydrogens (tertiary/aromatic N) is 2. The minimum Gasteiger partial charge on any atom is -0.330 e. The van der Waals surface area contributed by atoms with Crippen molar-refractivity contribution < 1.29 is 13.2 Å². The Bertz CT molecular complexity index is 659. The second-order valence-corrected chi connectivity index (χ2v) is 5.27. The first-order valence-electron chi connectivity index (χ1n) is 6.90. The molecule has 0 spiro atoms. The van der Waals surface area contributed by atoms with E-state index in [2.05, 4.69) is 16.4 Å². The van der Waals surface area contributed by atoms with Crippen molar-refractivity contribution in [1.82, 2.24) is 14.9 Å². The maximum Gasteiger partial charge on any atom is 0.434 e. The fraction of sp³-hybridized carbons (Fsp3) is 0.400. The van der Waals surface area contributed by atoms with E-state index in [4.69, 9.17) is 0 Å². The highest BCUT2D eigenvalue weighted by Gasteiger charge is 2.35. The monoisotopic (exact) mass is 295 g/mol. The fourth-order valence-electron chi connectivity index (χ4n) is 2.76. The van der Waals surface area contributed by atoms with Crippen LogP contribution < -0.4 is 5.32 Å². The van der Waals surface area contributed by atoms with Crippen LogP contribution in [0, 0.1) is 0 Å². The van der Waals surface area contributed by atoms with Gasteiger partial charge in [-0.05, 0) is 31.0 Å². The molecule has 6 heteroatoms. The van der Waals surface area contributed by atoms with Crippen LogP contribution in [0.5, 0.6) is 0 Å². The molecule has 1 aliphatic rings. The maximum atomic E-state index is 12.8. The molecule has 0 atom stereocenters. The summed E-state index contributed by atoms with van der Waals surface area (Å²) in [5.74, 6) is 0.422. The number of halogens is 3. The van der Waals surface area contributed by atoms with Gasteiger partial charge in [0.2, 0.25) is 0 Å². The normalized spacial score (nSPS) is 14.5. The van der Waals surface area contributed by atoms with Crippen molar-refractivity contribution in [2.75, 3.05) is 7.05 Å². The number of rotatable bonds is 2. The molecule has 0 amide bonds. The second kappa shape index (κ2) is 5.18. The summed E-state index contributed by atoms with van der Waals surface area (Å²) in [5.41, 5.74) is 2.20. The molecule has 1 aliphatic heterocycles. The smallest absolute Gasteiger partial charge is 0.330 e. The lowest BCUT2D eigenvalue weighted by Gasteiger charge is -2.08. The third-order valence-electron chi connectivity index (χ3n) is 3.70. The first-order chi connectivity index (χ1) is 9.99. The van der Waals surface area contributed by atoms with Crippen molar-refractivity contribution in [1.29, 1.82) is 0 Å². The number of benzene rings is 1. The number of aryl methyl sites for hydroxylation is 2. The zero-order chi connectivity index (χ0) is 15.0. The van der Waals surface area contributed by atoms with Gasteiger partial charge in [0.15, 0.2) is 5.69 Å². The summed E-state index contributed by atoms with van der Waals surface area (Å²) in [5, 5.41) is 3.08. The standard InChI is InChI=1S/C15H16F3N3/c1-19-8-10-4-5-12-11(7-10)3-2-6-21-9-13(15(16,17)18)20-14(12)21/h4-5,7,9,19H,2-3,6,8H2,1H3. The van der Waals surface area contributed by atoms with Gasteiger partial charge < -0.3 is 9.88 Å². The number of alkyl halides is 3. The lowest BCUT2D eigenvalue weighted by Crippen LogP contribution is -2.06. The van der Waals surface area contributed by atoms with E-state index in [-0.39, 0.29) is 0 Å².